The summed E-state index contributed by atoms with van der Waals surface area (Å²) in [5.41, 5.74) is 8.05. The van der Waals surface area contributed by atoms with Crippen LogP contribution in [0.4, 0.5) is 19.0 Å². The van der Waals surface area contributed by atoms with Crippen LogP contribution in [0.2, 0.25) is 0 Å². The molecule has 3 aromatic heterocycles. The monoisotopic (exact) mass is 529 g/mol. The van der Waals surface area contributed by atoms with E-state index in [2.05, 4.69) is 40.8 Å². The highest BCUT2D eigenvalue weighted by molar-refractivity contribution is 7.98. The Morgan fingerprint density at radius 2 is 1.95 bits per heavy atom. The lowest BCUT2D eigenvalue weighted by molar-refractivity contribution is -0.137. The third-order valence-electron chi connectivity index (χ3n) is 4.92. The van der Waals surface area contributed by atoms with Crippen molar-refractivity contribution in [1.82, 2.24) is 35.7 Å². The summed E-state index contributed by atoms with van der Waals surface area (Å²) in [4.78, 5) is 17.2. The van der Waals surface area contributed by atoms with Gasteiger partial charge in [-0.25, -0.2) is 15.0 Å². The Labute approximate surface area is 208 Å². The number of thioether (sulfide) groups is 1. The number of rotatable bonds is 7. The predicted molar refractivity (Wildman–Crippen MR) is 124 cm³/mol. The molecule has 16 heteroatoms. The zero-order chi connectivity index (χ0) is 26.0. The fourth-order valence-electron chi connectivity index (χ4n) is 3.24. The van der Waals surface area contributed by atoms with E-state index < -0.39 is 17.6 Å². The molecule has 3 N–H and O–H groups in total. The molecule has 0 atom stereocenters. The molecule has 0 aliphatic carbocycles. The molecule has 0 fully saturated rings. The second kappa shape index (κ2) is 9.73. The van der Waals surface area contributed by atoms with Crippen LogP contribution in [0.25, 0.3) is 16.9 Å². The van der Waals surface area contributed by atoms with Crippen molar-refractivity contribution in [2.45, 2.75) is 17.2 Å². The third kappa shape index (κ3) is 4.99. The van der Waals surface area contributed by atoms with E-state index in [0.29, 0.717) is 16.3 Å². The average Bonchev–Trinajstić information content (AvgIpc) is 3.59. The average molecular weight is 529 g/mol. The predicted octanol–water partition coefficient (Wildman–Crippen LogP) is 3.45. The van der Waals surface area contributed by atoms with E-state index in [4.69, 9.17) is 10.2 Å². The second-order valence-electron chi connectivity index (χ2n) is 7.29. The fourth-order valence-corrected chi connectivity index (χ4v) is 4.07. The normalized spacial score (nSPS) is 12.0. The molecule has 188 valence electrons. The van der Waals surface area contributed by atoms with Crippen LogP contribution < -0.4 is 11.2 Å². The Hall–Kier alpha value is -4.73. The van der Waals surface area contributed by atoms with E-state index in [1.54, 1.807) is 18.2 Å². The lowest BCUT2D eigenvalue weighted by Gasteiger charge is -2.09. The van der Waals surface area contributed by atoms with E-state index >= 15 is 0 Å². The number of para-hydroxylation sites is 2. The smallest absolute Gasteiger partial charge is 0.417 e. The van der Waals surface area contributed by atoms with Gasteiger partial charge in [0.15, 0.2) is 11.3 Å². The fraction of sp³-hybridized carbons (Fsp3) is 0.0952. The molecule has 0 aliphatic rings. The Morgan fingerprint density at radius 1 is 1.16 bits per heavy atom. The van der Waals surface area contributed by atoms with Crippen LogP contribution in [0.3, 0.4) is 0 Å². The van der Waals surface area contributed by atoms with E-state index in [1.807, 2.05) is 6.07 Å². The first-order valence-electron chi connectivity index (χ1n) is 10.3. The number of nitrogens with one attached hydrogen (secondary N) is 1. The highest BCUT2D eigenvalue weighted by atomic mass is 32.2. The number of hydrazone groups is 1. The third-order valence-corrected chi connectivity index (χ3v) is 5.76. The van der Waals surface area contributed by atoms with Gasteiger partial charge in [-0.15, -0.1) is 5.10 Å². The van der Waals surface area contributed by atoms with Crippen molar-refractivity contribution in [2.75, 3.05) is 5.73 Å². The maximum absolute atomic E-state index is 13.2. The number of oxazole rings is 1. The summed E-state index contributed by atoms with van der Waals surface area (Å²) in [6.07, 6.45) is -3.70. The molecule has 1 amide bonds. The summed E-state index contributed by atoms with van der Waals surface area (Å²) in [6.45, 7) is 0. The minimum Gasteiger partial charge on any atom is -0.431 e. The van der Waals surface area contributed by atoms with E-state index in [9.17, 15) is 18.0 Å². The van der Waals surface area contributed by atoms with Gasteiger partial charge in [-0.1, -0.05) is 47.3 Å². The molecule has 2 aromatic carbocycles. The van der Waals surface area contributed by atoms with E-state index in [0.717, 1.165) is 28.7 Å². The minimum absolute atomic E-state index is 0.0117. The largest absolute Gasteiger partial charge is 0.431 e. The summed E-state index contributed by atoms with van der Waals surface area (Å²) < 4.78 is 51.1. The van der Waals surface area contributed by atoms with Gasteiger partial charge >= 0.3 is 6.18 Å². The van der Waals surface area contributed by atoms with Crippen molar-refractivity contribution < 1.29 is 27.0 Å². The quantitative estimate of drug-likeness (QED) is 0.181. The molecule has 0 radical (unpaired) electrons. The van der Waals surface area contributed by atoms with Crippen molar-refractivity contribution in [3.8, 4) is 5.82 Å². The summed E-state index contributed by atoms with van der Waals surface area (Å²) in [5.74, 6) is -0.889. The number of nitrogen functional groups attached to an aromatic ring is 1. The second-order valence-corrected chi connectivity index (χ2v) is 8.22. The number of nitrogens with two attached hydrogens (primary N) is 1. The number of anilines is 1. The molecular formula is C21H14F3N9O3S. The summed E-state index contributed by atoms with van der Waals surface area (Å²) >= 11 is 1.14. The number of hydrogen-bond acceptors (Lipinski definition) is 11. The lowest BCUT2D eigenvalue weighted by atomic mass is 10.1. The molecule has 12 nitrogen and oxygen atoms in total. The molecule has 0 bridgehead atoms. The first-order chi connectivity index (χ1) is 17.8. The molecule has 3 heterocycles. The van der Waals surface area contributed by atoms with Gasteiger partial charge in [0.2, 0.25) is 11.6 Å². The Kier molecular flexibility index (Phi) is 6.31. The molecular weight excluding hydrogens is 515 g/mol. The molecule has 0 unspecified atom stereocenters. The van der Waals surface area contributed by atoms with Crippen LogP contribution in [-0.2, 0) is 11.9 Å². The van der Waals surface area contributed by atoms with Crippen LogP contribution in [0, 0.1) is 0 Å². The molecule has 5 aromatic rings. The number of halogens is 3. The van der Waals surface area contributed by atoms with Gasteiger partial charge in [0.1, 0.15) is 5.52 Å². The summed E-state index contributed by atoms with van der Waals surface area (Å²) in [7, 11) is 0. The van der Waals surface area contributed by atoms with Gasteiger partial charge < -0.3 is 10.2 Å². The van der Waals surface area contributed by atoms with Gasteiger partial charge in [-0.3, -0.25) is 4.79 Å². The first-order valence-corrected chi connectivity index (χ1v) is 11.3. The summed E-state index contributed by atoms with van der Waals surface area (Å²) in [6, 6.07) is 12.0. The van der Waals surface area contributed by atoms with E-state index in [1.165, 1.54) is 18.2 Å². The zero-order valence-corrected chi connectivity index (χ0v) is 19.2. The maximum atomic E-state index is 13.2. The minimum atomic E-state index is -4.59. The topological polar surface area (TPSA) is 163 Å². The number of amides is 1. The molecule has 0 aliphatic heterocycles. The van der Waals surface area contributed by atoms with Crippen molar-refractivity contribution in [2.24, 2.45) is 5.10 Å². The van der Waals surface area contributed by atoms with E-state index in [-0.39, 0.29) is 34.3 Å². The molecule has 0 saturated carbocycles. The first kappa shape index (κ1) is 24.0. The molecule has 37 heavy (non-hydrogen) atoms. The van der Waals surface area contributed by atoms with Crippen LogP contribution in [-0.4, -0.2) is 42.4 Å². The number of carbonyl (C=O) groups excluding carboxylic acids is 1. The van der Waals surface area contributed by atoms with Crippen LogP contribution in [0.15, 0.2) is 67.9 Å². The van der Waals surface area contributed by atoms with Gasteiger partial charge in [0, 0.05) is 11.3 Å². The highest BCUT2D eigenvalue weighted by Crippen LogP contribution is 2.31. The molecule has 0 spiro atoms. The maximum Gasteiger partial charge on any atom is 0.417 e. The molecule has 0 saturated heterocycles. The zero-order valence-electron chi connectivity index (χ0n) is 18.4. The number of carbonyl (C=O) groups is 1. The number of fused-ring (bicyclic) bond motifs is 1. The summed E-state index contributed by atoms with van der Waals surface area (Å²) in [5, 5.41) is 18.9. The number of alkyl halides is 3. The highest BCUT2D eigenvalue weighted by Gasteiger charge is 2.32. The Bertz CT molecular complexity index is 1580. The van der Waals surface area contributed by atoms with Gasteiger partial charge in [0.25, 0.3) is 11.1 Å². The van der Waals surface area contributed by atoms with Crippen molar-refractivity contribution in [3.63, 3.8) is 0 Å². The van der Waals surface area contributed by atoms with Gasteiger partial charge in [0.05, 0.1) is 17.5 Å². The molecule has 5 rings (SSSR count). The van der Waals surface area contributed by atoms with Gasteiger partial charge in [-0.05, 0) is 28.5 Å². The SMILES string of the molecule is Nc1nonc1-n1nnc(C(=O)N/N=C\c2ccccc2C(F)(F)F)c1CSc1nc2ccccc2o1. The standard InChI is InChI=1S/C21H14F3N9O3S/c22-21(23,24)12-6-2-1-5-11(12)9-26-29-19(34)16-14(33(32-28-16)18-17(25)30-36-31-18)10-37-20-27-13-7-3-4-8-15(13)35-20/h1-9H,10H2,(H2,25,30)(H,29,34)/b26-9-. The number of benzene rings is 2. The van der Waals surface area contributed by atoms with Crippen LogP contribution in [0.5, 0.6) is 0 Å². The van der Waals surface area contributed by atoms with Crippen molar-refractivity contribution in [1.29, 1.82) is 0 Å². The van der Waals surface area contributed by atoms with Crippen LogP contribution >= 0.6 is 11.8 Å². The number of hydrogen-bond donors (Lipinski definition) is 2. The lowest BCUT2D eigenvalue weighted by Crippen LogP contribution is -2.20. The van der Waals surface area contributed by atoms with Crippen molar-refractivity contribution >= 4 is 40.8 Å². The Balaban J connectivity index is 1.40. The number of aromatic nitrogens is 6. The van der Waals surface area contributed by atoms with Crippen molar-refractivity contribution in [3.05, 3.63) is 71.0 Å². The van der Waals surface area contributed by atoms with Crippen LogP contribution in [0.1, 0.15) is 27.3 Å². The number of nitrogens with zero attached hydrogens (tertiary/aromatic N) is 7. The Morgan fingerprint density at radius 3 is 2.70 bits per heavy atom. The van der Waals surface area contributed by atoms with Gasteiger partial charge in [-0.2, -0.15) is 23.0 Å².